The maximum absolute atomic E-state index is 10.4. The van der Waals surface area contributed by atoms with Crippen LogP contribution in [0.25, 0.3) is 0 Å². The fraction of sp³-hybridized carbons (Fsp3) is 0.500. The molecule has 0 saturated heterocycles. The van der Waals surface area contributed by atoms with Gasteiger partial charge >= 0.3 is 63.3 Å². The first-order chi connectivity index (χ1) is 9.85. The van der Waals surface area contributed by atoms with Crippen molar-refractivity contribution in [3.63, 3.8) is 0 Å². The minimum atomic E-state index is -1.13. The Balaban J connectivity index is -0.000000153. The second-order valence-corrected chi connectivity index (χ2v) is 9.33. The van der Waals surface area contributed by atoms with Crippen LogP contribution in [0, 0.1) is 0 Å². The van der Waals surface area contributed by atoms with E-state index in [2.05, 4.69) is 27.7 Å². The minimum absolute atomic E-state index is 0. The van der Waals surface area contributed by atoms with Crippen molar-refractivity contribution in [1.29, 1.82) is 0 Å². The SMILES string of the molecule is CCS(CC)(CC)CC.O.O=C(O)c1cccc(C(=O)O)c1.[H-].[K+]. The predicted molar refractivity (Wildman–Crippen MR) is 94.8 cm³/mol. The van der Waals surface area contributed by atoms with Crippen LogP contribution >= 0.6 is 10.0 Å². The molecule has 0 amide bonds. The van der Waals surface area contributed by atoms with Gasteiger partial charge in [-0.2, -0.15) is 0 Å². The van der Waals surface area contributed by atoms with Crippen molar-refractivity contribution >= 4 is 22.0 Å². The normalized spacial score (nSPS) is 10.3. The van der Waals surface area contributed by atoms with Gasteiger partial charge in [-0.15, -0.1) is 0 Å². The van der Waals surface area contributed by atoms with E-state index >= 15 is 0 Å². The summed E-state index contributed by atoms with van der Waals surface area (Å²) >= 11 is 0. The Kier molecular flexibility index (Phi) is 17.5. The van der Waals surface area contributed by atoms with Crippen molar-refractivity contribution in [2.75, 3.05) is 23.0 Å². The Hall–Kier alpha value is 0.106. The largest absolute Gasteiger partial charge is 1.00 e. The molecule has 0 aliphatic heterocycles. The van der Waals surface area contributed by atoms with E-state index in [1.807, 2.05) is 0 Å². The second kappa shape index (κ2) is 14.4. The summed E-state index contributed by atoms with van der Waals surface area (Å²) in [6.07, 6.45) is 0. The number of carbonyl (C=O) groups is 2. The molecule has 0 atom stereocenters. The van der Waals surface area contributed by atoms with Gasteiger partial charge in [-0.25, -0.2) is 19.6 Å². The van der Waals surface area contributed by atoms with Gasteiger partial charge in [-0.1, -0.05) is 33.8 Å². The van der Waals surface area contributed by atoms with E-state index in [0.717, 1.165) is 6.07 Å². The molecule has 0 fully saturated rings. The van der Waals surface area contributed by atoms with Gasteiger partial charge in [-0.3, -0.25) is 0 Å². The number of rotatable bonds is 6. The maximum atomic E-state index is 10.4. The summed E-state index contributed by atoms with van der Waals surface area (Å²) in [6.45, 7) is 9.36. The summed E-state index contributed by atoms with van der Waals surface area (Å²) in [5.41, 5.74) is -0.0372. The Morgan fingerprint density at radius 3 is 1.39 bits per heavy atom. The second-order valence-electron chi connectivity index (χ2n) is 4.57. The van der Waals surface area contributed by atoms with Crippen LogP contribution < -0.4 is 51.4 Å². The van der Waals surface area contributed by atoms with Gasteiger partial charge in [0.2, 0.25) is 0 Å². The molecule has 1 rings (SSSR count). The standard InChI is InChI=1S/C8H6O4.C8H20S.K.H2O.H/c9-7(10)5-2-1-3-6(4-5)8(11)12;1-5-9(6-2,7-3)8-4;;;/h1-4H,(H,9,10)(H,11,12);5-8H2,1-4H3;;1H2;/q;;+1;;-1. The summed E-state index contributed by atoms with van der Waals surface area (Å²) in [5.74, 6) is 3.45. The van der Waals surface area contributed by atoms with Gasteiger partial charge in [0.1, 0.15) is 0 Å². The fourth-order valence-corrected chi connectivity index (χ4v) is 4.46. The number of hydrogen-bond acceptors (Lipinski definition) is 2. The van der Waals surface area contributed by atoms with Crippen LogP contribution in [-0.4, -0.2) is 50.6 Å². The van der Waals surface area contributed by atoms with Crippen molar-refractivity contribution in [3.8, 4) is 0 Å². The zero-order chi connectivity index (χ0) is 16.5. The molecule has 0 heterocycles. The van der Waals surface area contributed by atoms with Gasteiger partial charge in [0.25, 0.3) is 0 Å². The molecule has 1 aromatic rings. The Labute approximate surface area is 184 Å². The van der Waals surface area contributed by atoms with E-state index in [-0.39, 0.29) is 79.4 Å². The Morgan fingerprint density at radius 1 is 0.913 bits per heavy atom. The molecule has 4 N–H and O–H groups in total. The van der Waals surface area contributed by atoms with E-state index in [4.69, 9.17) is 10.2 Å². The first kappa shape index (κ1) is 27.9. The molecule has 0 aromatic heterocycles. The number of carboxylic acid groups (broad SMARTS) is 2. The van der Waals surface area contributed by atoms with Crippen LogP contribution in [0.4, 0.5) is 0 Å². The summed E-state index contributed by atoms with van der Waals surface area (Å²) in [6, 6.07) is 5.20. The number of hydrogen-bond donors (Lipinski definition) is 2. The van der Waals surface area contributed by atoms with Crippen LogP contribution in [0.1, 0.15) is 49.8 Å². The average Bonchev–Trinajstić information content (AvgIpc) is 2.51. The third-order valence-corrected chi connectivity index (χ3v) is 8.70. The summed E-state index contributed by atoms with van der Waals surface area (Å²) in [4.78, 5) is 20.8. The summed E-state index contributed by atoms with van der Waals surface area (Å²) < 4.78 is 0. The van der Waals surface area contributed by atoms with Gasteiger partial charge in [0, 0.05) is 0 Å². The molecule has 0 aliphatic carbocycles. The Morgan fingerprint density at radius 2 is 1.22 bits per heavy atom. The van der Waals surface area contributed by atoms with E-state index in [1.54, 1.807) is 0 Å². The van der Waals surface area contributed by atoms with E-state index < -0.39 is 11.9 Å². The van der Waals surface area contributed by atoms with E-state index in [1.165, 1.54) is 41.2 Å². The molecule has 0 bridgehead atoms. The molecule has 0 spiro atoms. The summed E-state index contributed by atoms with van der Waals surface area (Å²) in [5, 5.41) is 17.0. The van der Waals surface area contributed by atoms with Gasteiger partial charge < -0.3 is 17.1 Å². The van der Waals surface area contributed by atoms with Crippen molar-refractivity contribution in [3.05, 3.63) is 35.4 Å². The quantitative estimate of drug-likeness (QED) is 0.698. The van der Waals surface area contributed by atoms with Crippen molar-refractivity contribution < 1.29 is 78.1 Å². The molecular weight excluding hydrogens is 343 g/mol. The fourth-order valence-electron chi connectivity index (χ4n) is 2.01. The average molecular weight is 373 g/mol. The molecule has 130 valence electrons. The van der Waals surface area contributed by atoms with Crippen molar-refractivity contribution in [2.45, 2.75) is 27.7 Å². The zero-order valence-corrected chi connectivity index (χ0v) is 18.7. The van der Waals surface area contributed by atoms with Crippen LogP contribution in [0.3, 0.4) is 0 Å². The van der Waals surface area contributed by atoms with Crippen molar-refractivity contribution in [1.82, 2.24) is 0 Å². The van der Waals surface area contributed by atoms with Crippen LogP contribution in [0.2, 0.25) is 0 Å². The van der Waals surface area contributed by atoms with Crippen molar-refractivity contribution in [2.24, 2.45) is 0 Å². The van der Waals surface area contributed by atoms with E-state index in [0.29, 0.717) is 0 Å². The number of carboxylic acids is 2. The van der Waals surface area contributed by atoms with Gasteiger partial charge in [-0.05, 0) is 41.2 Å². The molecular formula is C16H29KO5S. The smallest absolute Gasteiger partial charge is 1.00 e. The molecule has 7 heteroatoms. The predicted octanol–water partition coefficient (Wildman–Crippen LogP) is 0.245. The molecule has 0 radical (unpaired) electrons. The summed E-state index contributed by atoms with van der Waals surface area (Å²) in [7, 11) is -0.148. The monoisotopic (exact) mass is 372 g/mol. The molecule has 0 saturated carbocycles. The maximum Gasteiger partial charge on any atom is 1.00 e. The van der Waals surface area contributed by atoms with Crippen LogP contribution in [0.5, 0.6) is 0 Å². The topological polar surface area (TPSA) is 106 Å². The number of aromatic carboxylic acids is 2. The van der Waals surface area contributed by atoms with Crippen LogP contribution in [0.15, 0.2) is 24.3 Å². The van der Waals surface area contributed by atoms with Gasteiger partial charge in [0.15, 0.2) is 0 Å². The zero-order valence-electron chi connectivity index (χ0n) is 15.8. The molecule has 0 unspecified atom stereocenters. The Bertz CT molecular complexity index is 435. The van der Waals surface area contributed by atoms with Crippen LogP contribution in [-0.2, 0) is 0 Å². The molecule has 1 aromatic carbocycles. The third kappa shape index (κ3) is 9.86. The first-order valence-corrected chi connectivity index (χ1v) is 9.47. The molecule has 23 heavy (non-hydrogen) atoms. The first-order valence-electron chi connectivity index (χ1n) is 7.16. The third-order valence-electron chi connectivity index (χ3n) is 3.81. The molecule has 0 aliphatic rings. The van der Waals surface area contributed by atoms with E-state index in [9.17, 15) is 9.59 Å². The number of benzene rings is 1. The minimum Gasteiger partial charge on any atom is -1.00 e. The van der Waals surface area contributed by atoms with Gasteiger partial charge in [0.05, 0.1) is 11.1 Å². The molecule has 5 nitrogen and oxygen atoms in total.